The van der Waals surface area contributed by atoms with E-state index in [1.165, 1.54) is 0 Å². The van der Waals surface area contributed by atoms with Gasteiger partial charge in [0.05, 0.1) is 5.02 Å². The molecule has 0 N–H and O–H groups in total. The molecule has 1 aromatic heterocycles. The molecule has 0 radical (unpaired) electrons. The standard InChI is InChI=1S/C13H10ClNO2/c14-12-6-7-15-8-11(12)13(17-9-16)10-4-2-1-3-5-10/h1-9,13H. The largest absolute Gasteiger partial charge is 0.455 e. The Hall–Kier alpha value is -1.87. The van der Waals surface area contributed by atoms with Gasteiger partial charge in [-0.25, -0.2) is 0 Å². The fraction of sp³-hybridized carbons (Fsp3) is 0.0769. The van der Waals surface area contributed by atoms with E-state index >= 15 is 0 Å². The second-order valence-corrected chi connectivity index (χ2v) is 3.83. The molecule has 3 nitrogen and oxygen atoms in total. The number of pyridine rings is 1. The summed E-state index contributed by atoms with van der Waals surface area (Å²) in [6, 6.07) is 11.1. The van der Waals surface area contributed by atoms with Gasteiger partial charge in [-0.05, 0) is 11.6 Å². The van der Waals surface area contributed by atoms with E-state index in [1.807, 2.05) is 30.3 Å². The molecule has 0 saturated carbocycles. The predicted molar refractivity (Wildman–Crippen MR) is 64.7 cm³/mol. The van der Waals surface area contributed by atoms with E-state index in [0.29, 0.717) is 17.1 Å². The van der Waals surface area contributed by atoms with Crippen molar-refractivity contribution >= 4 is 18.1 Å². The van der Waals surface area contributed by atoms with Crippen LogP contribution in [0.4, 0.5) is 0 Å². The molecule has 1 heterocycles. The van der Waals surface area contributed by atoms with Crippen LogP contribution in [0.1, 0.15) is 17.2 Å². The van der Waals surface area contributed by atoms with Crippen LogP contribution in [0.5, 0.6) is 0 Å². The Bertz CT molecular complexity index is 502. The third kappa shape index (κ3) is 2.63. The molecule has 0 fully saturated rings. The Morgan fingerprint density at radius 1 is 1.24 bits per heavy atom. The molecule has 0 aliphatic carbocycles. The maximum Gasteiger partial charge on any atom is 0.294 e. The second-order valence-electron chi connectivity index (χ2n) is 3.42. The molecule has 17 heavy (non-hydrogen) atoms. The summed E-state index contributed by atoms with van der Waals surface area (Å²) in [6.07, 6.45) is 2.67. The lowest BCUT2D eigenvalue weighted by molar-refractivity contribution is -0.132. The van der Waals surface area contributed by atoms with E-state index in [1.54, 1.807) is 18.5 Å². The van der Waals surface area contributed by atoms with Gasteiger partial charge in [0.25, 0.3) is 6.47 Å². The number of aromatic nitrogens is 1. The van der Waals surface area contributed by atoms with Gasteiger partial charge < -0.3 is 4.74 Å². The minimum absolute atomic E-state index is 0.418. The van der Waals surface area contributed by atoms with Crippen LogP contribution in [0, 0.1) is 0 Å². The molecule has 1 unspecified atom stereocenters. The highest BCUT2D eigenvalue weighted by Crippen LogP contribution is 2.29. The zero-order chi connectivity index (χ0) is 12.1. The second kappa shape index (κ2) is 5.46. The van der Waals surface area contributed by atoms with Gasteiger partial charge in [-0.3, -0.25) is 9.78 Å². The quantitative estimate of drug-likeness (QED) is 0.780. The van der Waals surface area contributed by atoms with Crippen LogP contribution in [-0.4, -0.2) is 11.5 Å². The molecule has 4 heteroatoms. The smallest absolute Gasteiger partial charge is 0.294 e. The number of rotatable bonds is 4. The number of halogens is 1. The van der Waals surface area contributed by atoms with Crippen LogP contribution in [-0.2, 0) is 9.53 Å². The number of carbonyl (C=O) groups excluding carboxylic acids is 1. The van der Waals surface area contributed by atoms with E-state index in [9.17, 15) is 4.79 Å². The molecule has 0 spiro atoms. The van der Waals surface area contributed by atoms with Crippen LogP contribution in [0.2, 0.25) is 5.02 Å². The molecule has 86 valence electrons. The molecule has 0 aliphatic heterocycles. The van der Waals surface area contributed by atoms with Gasteiger partial charge in [0, 0.05) is 18.0 Å². The van der Waals surface area contributed by atoms with Crippen molar-refractivity contribution in [3.8, 4) is 0 Å². The van der Waals surface area contributed by atoms with Crippen LogP contribution in [0.15, 0.2) is 48.8 Å². The van der Waals surface area contributed by atoms with Crippen LogP contribution < -0.4 is 0 Å². The van der Waals surface area contributed by atoms with Crippen LogP contribution >= 0.6 is 11.6 Å². The van der Waals surface area contributed by atoms with Gasteiger partial charge in [-0.15, -0.1) is 0 Å². The number of hydrogen-bond donors (Lipinski definition) is 0. The van der Waals surface area contributed by atoms with Gasteiger partial charge >= 0.3 is 0 Å². The summed E-state index contributed by atoms with van der Waals surface area (Å²) in [6.45, 7) is 0.418. The van der Waals surface area contributed by atoms with Crippen molar-refractivity contribution in [1.29, 1.82) is 0 Å². The Balaban J connectivity index is 2.43. The zero-order valence-electron chi connectivity index (χ0n) is 8.92. The number of benzene rings is 1. The molecule has 0 bridgehead atoms. The van der Waals surface area contributed by atoms with Crippen LogP contribution in [0.25, 0.3) is 0 Å². The molecular weight excluding hydrogens is 238 g/mol. The predicted octanol–water partition coefficient (Wildman–Crippen LogP) is 3.00. The Morgan fingerprint density at radius 2 is 2.00 bits per heavy atom. The molecule has 0 saturated heterocycles. The number of nitrogens with zero attached hydrogens (tertiary/aromatic N) is 1. The van der Waals surface area contributed by atoms with Crippen LogP contribution in [0.3, 0.4) is 0 Å². The SMILES string of the molecule is O=COC(c1ccccc1)c1cnccc1Cl. The number of carbonyl (C=O) groups is 1. The van der Waals surface area contributed by atoms with E-state index in [0.717, 1.165) is 5.56 Å². The van der Waals surface area contributed by atoms with E-state index in [-0.39, 0.29) is 0 Å². The van der Waals surface area contributed by atoms with E-state index in [4.69, 9.17) is 16.3 Å². The highest BCUT2D eigenvalue weighted by Gasteiger charge is 2.17. The first kappa shape index (κ1) is 11.6. The number of hydrogen-bond acceptors (Lipinski definition) is 3. The van der Waals surface area contributed by atoms with E-state index < -0.39 is 6.10 Å². The van der Waals surface area contributed by atoms with E-state index in [2.05, 4.69) is 4.98 Å². The zero-order valence-corrected chi connectivity index (χ0v) is 9.67. The Labute approximate surface area is 104 Å². The van der Waals surface area contributed by atoms with Crippen molar-refractivity contribution in [2.45, 2.75) is 6.10 Å². The Kier molecular flexibility index (Phi) is 3.73. The van der Waals surface area contributed by atoms with Crippen molar-refractivity contribution in [3.63, 3.8) is 0 Å². The Morgan fingerprint density at radius 3 is 2.65 bits per heavy atom. The lowest BCUT2D eigenvalue weighted by Crippen LogP contribution is -2.06. The average Bonchev–Trinajstić information content (AvgIpc) is 2.38. The number of ether oxygens (including phenoxy) is 1. The summed E-state index contributed by atoms with van der Waals surface area (Å²) in [4.78, 5) is 14.6. The molecule has 2 rings (SSSR count). The first-order valence-electron chi connectivity index (χ1n) is 5.06. The van der Waals surface area contributed by atoms with Crippen molar-refractivity contribution in [1.82, 2.24) is 4.98 Å². The lowest BCUT2D eigenvalue weighted by Gasteiger charge is -2.16. The summed E-state index contributed by atoms with van der Waals surface area (Å²) in [5.41, 5.74) is 1.53. The summed E-state index contributed by atoms with van der Waals surface area (Å²) < 4.78 is 5.09. The first-order valence-corrected chi connectivity index (χ1v) is 5.44. The summed E-state index contributed by atoms with van der Waals surface area (Å²) in [7, 11) is 0. The summed E-state index contributed by atoms with van der Waals surface area (Å²) in [5, 5.41) is 0.524. The van der Waals surface area contributed by atoms with Gasteiger partial charge in [-0.1, -0.05) is 41.9 Å². The minimum atomic E-state index is -0.519. The summed E-state index contributed by atoms with van der Waals surface area (Å²) >= 11 is 6.07. The molecule has 1 aromatic carbocycles. The lowest BCUT2D eigenvalue weighted by atomic mass is 10.0. The molecule has 2 aromatic rings. The van der Waals surface area contributed by atoms with Gasteiger partial charge in [0.1, 0.15) is 0 Å². The molecule has 1 atom stereocenters. The van der Waals surface area contributed by atoms with Crippen molar-refractivity contribution < 1.29 is 9.53 Å². The third-order valence-corrected chi connectivity index (χ3v) is 2.72. The normalized spacial score (nSPS) is 11.8. The maximum atomic E-state index is 10.6. The van der Waals surface area contributed by atoms with Gasteiger partial charge in [-0.2, -0.15) is 0 Å². The fourth-order valence-electron chi connectivity index (χ4n) is 1.60. The fourth-order valence-corrected chi connectivity index (χ4v) is 1.80. The monoisotopic (exact) mass is 247 g/mol. The maximum absolute atomic E-state index is 10.6. The third-order valence-electron chi connectivity index (χ3n) is 2.37. The highest BCUT2D eigenvalue weighted by molar-refractivity contribution is 6.31. The van der Waals surface area contributed by atoms with Gasteiger partial charge in [0.15, 0.2) is 6.10 Å². The van der Waals surface area contributed by atoms with Crippen molar-refractivity contribution in [2.75, 3.05) is 0 Å². The summed E-state index contributed by atoms with van der Waals surface area (Å²) in [5.74, 6) is 0. The molecular formula is C13H10ClNO2. The van der Waals surface area contributed by atoms with Crippen molar-refractivity contribution in [2.24, 2.45) is 0 Å². The van der Waals surface area contributed by atoms with Crippen molar-refractivity contribution in [3.05, 3.63) is 64.9 Å². The van der Waals surface area contributed by atoms with Gasteiger partial charge in [0.2, 0.25) is 0 Å². The topological polar surface area (TPSA) is 39.2 Å². The highest BCUT2D eigenvalue weighted by atomic mass is 35.5. The first-order chi connectivity index (χ1) is 8.33. The minimum Gasteiger partial charge on any atom is -0.455 e. The molecule has 0 amide bonds. The average molecular weight is 248 g/mol. The molecule has 0 aliphatic rings.